The molecule has 0 aliphatic rings. The van der Waals surface area contributed by atoms with Gasteiger partial charge in [-0.25, -0.2) is 9.07 Å². The zero-order chi connectivity index (χ0) is 16.3. The molecule has 0 spiro atoms. The molecule has 6 heteroatoms. The second-order valence-corrected chi connectivity index (χ2v) is 5.31. The minimum absolute atomic E-state index is 0.00515. The third kappa shape index (κ3) is 3.27. The van der Waals surface area contributed by atoms with Crippen LogP contribution in [0.2, 0.25) is 0 Å². The third-order valence-electron chi connectivity index (χ3n) is 3.37. The minimum Gasteiger partial charge on any atom is -0.481 e. The number of methoxy groups -OCH3 is 1. The average molecular weight is 306 g/mol. The highest BCUT2D eigenvalue weighted by Gasteiger charge is 2.22. The fourth-order valence-electron chi connectivity index (χ4n) is 2.35. The lowest BCUT2D eigenvalue weighted by Gasteiger charge is -2.08. The van der Waals surface area contributed by atoms with Crippen LogP contribution >= 0.6 is 0 Å². The maximum absolute atomic E-state index is 13.1. The van der Waals surface area contributed by atoms with Gasteiger partial charge in [0.1, 0.15) is 5.82 Å². The molecule has 0 fully saturated rings. The number of carboxylic acid groups (broad SMARTS) is 1. The van der Waals surface area contributed by atoms with Crippen LogP contribution < -0.4 is 4.74 Å². The van der Waals surface area contributed by atoms with Crippen molar-refractivity contribution in [3.8, 4) is 11.6 Å². The van der Waals surface area contributed by atoms with E-state index in [9.17, 15) is 9.18 Å². The number of halogens is 1. The van der Waals surface area contributed by atoms with E-state index in [4.69, 9.17) is 9.84 Å². The highest BCUT2D eigenvalue weighted by molar-refractivity contribution is 5.67. The zero-order valence-corrected chi connectivity index (χ0v) is 12.8. The number of carbonyl (C=O) groups is 1. The van der Waals surface area contributed by atoms with Gasteiger partial charge in [0.2, 0.25) is 5.88 Å². The molecule has 1 aromatic heterocycles. The summed E-state index contributed by atoms with van der Waals surface area (Å²) in [5, 5.41) is 13.4. The van der Waals surface area contributed by atoms with E-state index in [1.54, 1.807) is 16.8 Å². The van der Waals surface area contributed by atoms with Crippen molar-refractivity contribution < 1.29 is 19.0 Å². The van der Waals surface area contributed by atoms with Crippen LogP contribution in [0.15, 0.2) is 24.3 Å². The summed E-state index contributed by atoms with van der Waals surface area (Å²) in [6, 6.07) is 5.91. The van der Waals surface area contributed by atoms with Gasteiger partial charge in [0.25, 0.3) is 0 Å². The van der Waals surface area contributed by atoms with Gasteiger partial charge < -0.3 is 9.84 Å². The van der Waals surface area contributed by atoms with E-state index in [-0.39, 0.29) is 18.2 Å². The van der Waals surface area contributed by atoms with Gasteiger partial charge >= 0.3 is 5.97 Å². The summed E-state index contributed by atoms with van der Waals surface area (Å²) in [5.41, 5.74) is 2.24. The van der Waals surface area contributed by atoms with Gasteiger partial charge in [0.15, 0.2) is 0 Å². The SMILES string of the molecule is COc1c(CCC(=O)O)c(C(C)C)nn1-c1ccc(F)cc1. The van der Waals surface area contributed by atoms with E-state index in [1.165, 1.54) is 19.2 Å². The summed E-state index contributed by atoms with van der Waals surface area (Å²) in [5.74, 6) is -0.577. The molecule has 2 rings (SSSR count). The maximum atomic E-state index is 13.1. The quantitative estimate of drug-likeness (QED) is 0.890. The van der Waals surface area contributed by atoms with Crippen molar-refractivity contribution in [3.63, 3.8) is 0 Å². The minimum atomic E-state index is -0.869. The van der Waals surface area contributed by atoms with Crippen LogP contribution in [-0.2, 0) is 11.2 Å². The summed E-state index contributed by atoms with van der Waals surface area (Å²) < 4.78 is 20.1. The van der Waals surface area contributed by atoms with Gasteiger partial charge in [0, 0.05) is 12.0 Å². The maximum Gasteiger partial charge on any atom is 0.303 e. The van der Waals surface area contributed by atoms with E-state index in [1.807, 2.05) is 13.8 Å². The fourth-order valence-corrected chi connectivity index (χ4v) is 2.35. The molecule has 0 bridgehead atoms. The number of aromatic nitrogens is 2. The number of benzene rings is 1. The van der Waals surface area contributed by atoms with Gasteiger partial charge in [-0.05, 0) is 36.6 Å². The van der Waals surface area contributed by atoms with Crippen molar-refractivity contribution in [2.24, 2.45) is 0 Å². The summed E-state index contributed by atoms with van der Waals surface area (Å²) >= 11 is 0. The van der Waals surface area contributed by atoms with Gasteiger partial charge in [-0.15, -0.1) is 0 Å². The molecular formula is C16H19FN2O3. The van der Waals surface area contributed by atoms with E-state index in [2.05, 4.69) is 5.10 Å². The highest BCUT2D eigenvalue weighted by Crippen LogP contribution is 2.31. The zero-order valence-electron chi connectivity index (χ0n) is 12.8. The molecule has 1 heterocycles. The van der Waals surface area contributed by atoms with Crippen molar-refractivity contribution in [2.45, 2.75) is 32.6 Å². The number of hydrogen-bond acceptors (Lipinski definition) is 3. The topological polar surface area (TPSA) is 64.3 Å². The largest absolute Gasteiger partial charge is 0.481 e. The van der Waals surface area contributed by atoms with Crippen molar-refractivity contribution in [2.75, 3.05) is 7.11 Å². The van der Waals surface area contributed by atoms with Crippen LogP contribution in [0.5, 0.6) is 5.88 Å². The summed E-state index contributed by atoms with van der Waals surface area (Å²) in [7, 11) is 1.52. The smallest absolute Gasteiger partial charge is 0.303 e. The molecule has 2 aromatic rings. The molecule has 5 nitrogen and oxygen atoms in total. The Hall–Kier alpha value is -2.37. The number of carboxylic acids is 1. The predicted molar refractivity (Wildman–Crippen MR) is 80.1 cm³/mol. The van der Waals surface area contributed by atoms with E-state index in [0.717, 1.165) is 11.3 Å². The molecular weight excluding hydrogens is 287 g/mol. The normalized spacial score (nSPS) is 11.0. The monoisotopic (exact) mass is 306 g/mol. The number of hydrogen-bond donors (Lipinski definition) is 1. The summed E-state index contributed by atoms with van der Waals surface area (Å²) in [6.45, 7) is 3.97. The molecule has 0 amide bonds. The average Bonchev–Trinajstić information content (AvgIpc) is 2.84. The molecule has 1 aromatic carbocycles. The standard InChI is InChI=1S/C16H19FN2O3/c1-10(2)15-13(8-9-14(20)21)16(22-3)19(18-15)12-6-4-11(17)5-7-12/h4-7,10H,8-9H2,1-3H3,(H,20,21). The first-order valence-corrected chi connectivity index (χ1v) is 7.07. The molecule has 0 aliphatic carbocycles. The number of ether oxygens (including phenoxy) is 1. The Balaban J connectivity index is 2.52. The molecule has 1 N–H and O–H groups in total. The first-order chi connectivity index (χ1) is 10.4. The molecule has 0 atom stereocenters. The molecule has 0 aliphatic heterocycles. The number of rotatable bonds is 6. The van der Waals surface area contributed by atoms with Gasteiger partial charge in [-0.1, -0.05) is 13.8 Å². The van der Waals surface area contributed by atoms with E-state index < -0.39 is 5.97 Å². The van der Waals surface area contributed by atoms with Gasteiger partial charge in [-0.2, -0.15) is 5.10 Å². The molecule has 0 saturated heterocycles. The second kappa shape index (κ2) is 6.60. The summed E-state index contributed by atoms with van der Waals surface area (Å²) in [4.78, 5) is 10.9. The van der Waals surface area contributed by atoms with Crippen LogP contribution in [0.1, 0.15) is 37.4 Å². The Morgan fingerprint density at radius 3 is 2.50 bits per heavy atom. The lowest BCUT2D eigenvalue weighted by atomic mass is 10.0. The van der Waals surface area contributed by atoms with E-state index in [0.29, 0.717) is 18.0 Å². The van der Waals surface area contributed by atoms with Crippen molar-refractivity contribution in [3.05, 3.63) is 41.3 Å². The fraction of sp³-hybridized carbons (Fsp3) is 0.375. The number of aliphatic carboxylic acids is 1. The third-order valence-corrected chi connectivity index (χ3v) is 3.37. The molecule has 0 unspecified atom stereocenters. The Morgan fingerprint density at radius 2 is 2.00 bits per heavy atom. The lowest BCUT2D eigenvalue weighted by Crippen LogP contribution is -2.02. The molecule has 0 radical (unpaired) electrons. The van der Waals surface area contributed by atoms with Crippen LogP contribution in [0, 0.1) is 5.82 Å². The van der Waals surface area contributed by atoms with Crippen LogP contribution in [0.25, 0.3) is 5.69 Å². The Bertz CT molecular complexity index is 663. The van der Waals surface area contributed by atoms with Crippen LogP contribution in [-0.4, -0.2) is 28.0 Å². The Labute approximate surface area is 128 Å². The van der Waals surface area contributed by atoms with Crippen molar-refractivity contribution >= 4 is 5.97 Å². The first kappa shape index (κ1) is 16.0. The Morgan fingerprint density at radius 1 is 1.36 bits per heavy atom. The van der Waals surface area contributed by atoms with Gasteiger partial charge in [0.05, 0.1) is 18.5 Å². The van der Waals surface area contributed by atoms with Crippen LogP contribution in [0.3, 0.4) is 0 Å². The second-order valence-electron chi connectivity index (χ2n) is 5.31. The van der Waals surface area contributed by atoms with E-state index >= 15 is 0 Å². The predicted octanol–water partition coefficient (Wildman–Crippen LogP) is 3.16. The molecule has 0 saturated carbocycles. The number of nitrogens with zero attached hydrogens (tertiary/aromatic N) is 2. The van der Waals surface area contributed by atoms with Crippen LogP contribution in [0.4, 0.5) is 4.39 Å². The van der Waals surface area contributed by atoms with Gasteiger partial charge in [-0.3, -0.25) is 4.79 Å². The summed E-state index contributed by atoms with van der Waals surface area (Å²) in [6.07, 6.45) is 0.346. The molecule has 22 heavy (non-hydrogen) atoms. The van der Waals surface area contributed by atoms with Crippen molar-refractivity contribution in [1.82, 2.24) is 9.78 Å². The van der Waals surface area contributed by atoms with Crippen molar-refractivity contribution in [1.29, 1.82) is 0 Å². The first-order valence-electron chi connectivity index (χ1n) is 7.07. The molecule has 118 valence electrons. The Kier molecular flexibility index (Phi) is 4.80. The highest BCUT2D eigenvalue weighted by atomic mass is 19.1. The lowest BCUT2D eigenvalue weighted by molar-refractivity contribution is -0.136.